The lowest BCUT2D eigenvalue weighted by Gasteiger charge is -2.18. The van der Waals surface area contributed by atoms with Gasteiger partial charge in [0.2, 0.25) is 15.9 Å². The summed E-state index contributed by atoms with van der Waals surface area (Å²) >= 11 is 0. The summed E-state index contributed by atoms with van der Waals surface area (Å²) in [5.74, 6) is 0.351. The van der Waals surface area contributed by atoms with Crippen molar-refractivity contribution in [2.24, 2.45) is 0 Å². The third-order valence-electron chi connectivity index (χ3n) is 6.27. The number of amides is 1. The number of rotatable bonds is 7. The van der Waals surface area contributed by atoms with Gasteiger partial charge in [-0.2, -0.15) is 0 Å². The third-order valence-corrected chi connectivity index (χ3v) is 7.77. The summed E-state index contributed by atoms with van der Waals surface area (Å²) in [6.07, 6.45) is -0.903. The first-order valence-electron chi connectivity index (χ1n) is 11.4. The van der Waals surface area contributed by atoms with Crippen molar-refractivity contribution in [1.29, 1.82) is 0 Å². The molecule has 190 valence electrons. The topological polar surface area (TPSA) is 141 Å². The summed E-state index contributed by atoms with van der Waals surface area (Å²) in [7, 11) is 0.105. The van der Waals surface area contributed by atoms with E-state index in [9.17, 15) is 13.2 Å². The monoisotopic (exact) mass is 513 g/mol. The molecule has 0 aliphatic carbocycles. The number of benzene rings is 2. The van der Waals surface area contributed by atoms with Crippen molar-refractivity contribution in [3.05, 3.63) is 48.5 Å². The third kappa shape index (κ3) is 4.69. The van der Waals surface area contributed by atoms with Crippen molar-refractivity contribution < 1.29 is 22.7 Å². The molecule has 13 heteroatoms. The van der Waals surface area contributed by atoms with Crippen molar-refractivity contribution in [3.63, 3.8) is 0 Å². The Hall–Kier alpha value is -3.39. The van der Waals surface area contributed by atoms with E-state index >= 15 is 0 Å². The van der Waals surface area contributed by atoms with E-state index in [2.05, 4.69) is 25.6 Å². The minimum atomic E-state index is -3.83. The number of nitrogens with one attached hydrogen (secondary N) is 2. The smallest absolute Gasteiger partial charge is 0.240 e. The van der Waals surface area contributed by atoms with Gasteiger partial charge in [-0.05, 0) is 59.0 Å². The molecule has 2 aliphatic heterocycles. The first-order chi connectivity index (χ1) is 17.2. The molecule has 36 heavy (non-hydrogen) atoms. The van der Waals surface area contributed by atoms with E-state index < -0.39 is 28.3 Å². The van der Waals surface area contributed by atoms with E-state index in [0.29, 0.717) is 11.5 Å². The zero-order valence-electron chi connectivity index (χ0n) is 20.0. The maximum Gasteiger partial charge on any atom is 0.240 e. The van der Waals surface area contributed by atoms with Gasteiger partial charge in [-0.25, -0.2) is 17.8 Å². The van der Waals surface area contributed by atoms with Crippen LogP contribution in [0.4, 0.5) is 11.4 Å². The second-order valence-electron chi connectivity index (χ2n) is 8.98. The maximum atomic E-state index is 13.0. The summed E-state index contributed by atoms with van der Waals surface area (Å²) < 4.78 is 42.3. The fourth-order valence-electron chi connectivity index (χ4n) is 4.49. The Morgan fingerprint density at radius 3 is 2.39 bits per heavy atom. The number of tetrazole rings is 1. The first-order valence-corrected chi connectivity index (χ1v) is 12.9. The molecule has 1 amide bonds. The molecule has 2 aromatic carbocycles. The van der Waals surface area contributed by atoms with Gasteiger partial charge in [0.25, 0.3) is 0 Å². The molecule has 0 spiro atoms. The zero-order valence-corrected chi connectivity index (χ0v) is 20.8. The van der Waals surface area contributed by atoms with Crippen LogP contribution in [0.5, 0.6) is 0 Å². The Bertz CT molecular complexity index is 1340. The van der Waals surface area contributed by atoms with Gasteiger partial charge in [-0.15, -0.1) is 5.10 Å². The van der Waals surface area contributed by atoms with Gasteiger partial charge < -0.3 is 19.7 Å². The van der Waals surface area contributed by atoms with Gasteiger partial charge in [0, 0.05) is 38.0 Å². The molecule has 2 N–H and O–H groups in total. The Kier molecular flexibility index (Phi) is 6.47. The summed E-state index contributed by atoms with van der Waals surface area (Å²) in [4.78, 5) is 13.3. The molecule has 12 nitrogen and oxygen atoms in total. The van der Waals surface area contributed by atoms with Crippen LogP contribution in [-0.2, 0) is 24.3 Å². The maximum absolute atomic E-state index is 13.0. The lowest BCUT2D eigenvalue weighted by Crippen LogP contribution is -2.44. The standard InChI is InChI=1S/C23H27N7O5S/c1-14(31)24-16-6-10-18(11-7-16)36(32,33)26-19-12-34-22-20(13-35-21(19)22)30-23(25-27-28-30)15-4-8-17(9-5-15)29(2)3/h4-11,19-22,26H,12-13H2,1-3H3,(H,24,31). The van der Waals surface area contributed by atoms with Crippen molar-refractivity contribution in [3.8, 4) is 11.4 Å². The van der Waals surface area contributed by atoms with Gasteiger partial charge in [0.1, 0.15) is 18.2 Å². The highest BCUT2D eigenvalue weighted by Gasteiger charge is 2.50. The number of sulfonamides is 1. The van der Waals surface area contributed by atoms with Gasteiger partial charge in [0.15, 0.2) is 5.82 Å². The van der Waals surface area contributed by atoms with Gasteiger partial charge in [-0.3, -0.25) is 4.79 Å². The predicted molar refractivity (Wildman–Crippen MR) is 131 cm³/mol. The fraction of sp³-hybridized carbons (Fsp3) is 0.391. The molecule has 0 bridgehead atoms. The van der Waals surface area contributed by atoms with Crippen LogP contribution in [0, 0.1) is 0 Å². The van der Waals surface area contributed by atoms with Crippen molar-refractivity contribution in [2.75, 3.05) is 37.5 Å². The molecular formula is C23H27N7O5S. The minimum absolute atomic E-state index is 0.0820. The van der Waals surface area contributed by atoms with Gasteiger partial charge in [-0.1, -0.05) is 0 Å². The summed E-state index contributed by atoms with van der Waals surface area (Å²) in [5, 5.41) is 14.9. The van der Waals surface area contributed by atoms with Gasteiger partial charge in [0.05, 0.1) is 24.2 Å². The molecule has 3 heterocycles. The Balaban J connectivity index is 1.30. The lowest BCUT2D eigenvalue weighted by atomic mass is 10.1. The number of ether oxygens (including phenoxy) is 2. The normalized spacial score (nSPS) is 23.4. The summed E-state index contributed by atoms with van der Waals surface area (Å²) in [6, 6.07) is 13.0. The number of hydrogen-bond donors (Lipinski definition) is 2. The molecule has 3 aromatic rings. The molecule has 4 unspecified atom stereocenters. The predicted octanol–water partition coefficient (Wildman–Crippen LogP) is 1.05. The van der Waals surface area contributed by atoms with E-state index in [1.807, 2.05) is 43.3 Å². The Morgan fingerprint density at radius 1 is 1.03 bits per heavy atom. The van der Waals surface area contributed by atoms with Crippen LogP contribution >= 0.6 is 0 Å². The number of hydrogen-bond acceptors (Lipinski definition) is 9. The van der Waals surface area contributed by atoms with Crippen LogP contribution in [0.1, 0.15) is 13.0 Å². The number of carbonyl (C=O) groups is 1. The van der Waals surface area contributed by atoms with E-state index in [4.69, 9.17) is 9.47 Å². The quantitative estimate of drug-likeness (QED) is 0.474. The minimum Gasteiger partial charge on any atom is -0.378 e. The van der Waals surface area contributed by atoms with Crippen LogP contribution in [0.15, 0.2) is 53.4 Å². The van der Waals surface area contributed by atoms with Crippen LogP contribution in [0.3, 0.4) is 0 Å². The Morgan fingerprint density at radius 2 is 1.72 bits per heavy atom. The van der Waals surface area contributed by atoms with Crippen LogP contribution < -0.4 is 14.9 Å². The molecule has 2 saturated heterocycles. The number of carbonyl (C=O) groups excluding carboxylic acids is 1. The van der Waals surface area contributed by atoms with Gasteiger partial charge >= 0.3 is 0 Å². The number of anilines is 2. The average Bonchev–Trinajstić information content (AvgIpc) is 3.56. The number of fused-ring (bicyclic) bond motifs is 1. The second-order valence-corrected chi connectivity index (χ2v) is 10.7. The molecule has 4 atom stereocenters. The molecule has 1 aromatic heterocycles. The fourth-order valence-corrected chi connectivity index (χ4v) is 5.72. The average molecular weight is 514 g/mol. The first kappa shape index (κ1) is 24.3. The second kappa shape index (κ2) is 9.58. The van der Waals surface area contributed by atoms with Crippen LogP contribution in [0.2, 0.25) is 0 Å². The van der Waals surface area contributed by atoms with E-state index in [1.54, 1.807) is 4.68 Å². The molecule has 0 radical (unpaired) electrons. The van der Waals surface area contributed by atoms with E-state index in [0.717, 1.165) is 11.3 Å². The number of nitrogens with zero attached hydrogens (tertiary/aromatic N) is 5. The molecule has 5 rings (SSSR count). The van der Waals surface area contributed by atoms with E-state index in [1.165, 1.54) is 31.2 Å². The summed E-state index contributed by atoms with van der Waals surface area (Å²) in [6.45, 7) is 1.83. The SMILES string of the molecule is CC(=O)Nc1ccc(S(=O)(=O)NC2COC3C2OCC3n2nnnc2-c2ccc(N(C)C)cc2)cc1. The van der Waals surface area contributed by atoms with E-state index in [-0.39, 0.29) is 30.1 Å². The van der Waals surface area contributed by atoms with Crippen molar-refractivity contribution in [1.82, 2.24) is 24.9 Å². The largest absolute Gasteiger partial charge is 0.378 e. The van der Waals surface area contributed by atoms with Crippen molar-refractivity contribution in [2.45, 2.75) is 36.1 Å². The molecule has 2 fully saturated rings. The van der Waals surface area contributed by atoms with Crippen LogP contribution in [-0.4, -0.2) is 80.1 Å². The molecule has 0 saturated carbocycles. The molecule has 2 aliphatic rings. The van der Waals surface area contributed by atoms with Crippen molar-refractivity contribution >= 4 is 27.3 Å². The zero-order chi connectivity index (χ0) is 25.4. The number of aromatic nitrogens is 4. The molecular weight excluding hydrogens is 486 g/mol. The highest BCUT2D eigenvalue weighted by atomic mass is 32.2. The summed E-state index contributed by atoms with van der Waals surface area (Å²) in [5.41, 5.74) is 2.43. The highest BCUT2D eigenvalue weighted by molar-refractivity contribution is 7.89. The Labute approximate surface area is 208 Å². The highest BCUT2D eigenvalue weighted by Crippen LogP contribution is 2.36. The van der Waals surface area contributed by atoms with Crippen LogP contribution in [0.25, 0.3) is 11.4 Å². The lowest BCUT2D eigenvalue weighted by molar-refractivity contribution is -0.114.